The number of carbonyl (C=O) groups excluding carboxylic acids is 2. The summed E-state index contributed by atoms with van der Waals surface area (Å²) in [6.45, 7) is 3.08. The van der Waals surface area contributed by atoms with Crippen LogP contribution in [0.2, 0.25) is 0 Å². The van der Waals surface area contributed by atoms with Crippen LogP contribution in [0.25, 0.3) is 11.0 Å². The summed E-state index contributed by atoms with van der Waals surface area (Å²) >= 11 is 0. The lowest BCUT2D eigenvalue weighted by molar-refractivity contribution is -0.136. The lowest BCUT2D eigenvalue weighted by Gasteiger charge is -2.30. The molecule has 1 aromatic carbocycles. The van der Waals surface area contributed by atoms with Crippen molar-refractivity contribution < 1.29 is 18.7 Å². The number of esters is 1. The van der Waals surface area contributed by atoms with Gasteiger partial charge in [0.1, 0.15) is 11.1 Å². The Hall–Kier alpha value is -2.63. The normalized spacial score (nSPS) is 17.7. The first-order valence-corrected chi connectivity index (χ1v) is 8.02. The van der Waals surface area contributed by atoms with E-state index in [9.17, 15) is 14.4 Å². The maximum atomic E-state index is 12.1. The van der Waals surface area contributed by atoms with Gasteiger partial charge in [-0.3, -0.25) is 4.79 Å². The highest BCUT2D eigenvalue weighted by atomic mass is 16.5. The number of fused-ring (bicyclic) bond motifs is 1. The van der Waals surface area contributed by atoms with Crippen LogP contribution >= 0.6 is 0 Å². The molecule has 1 unspecified atom stereocenters. The highest BCUT2D eigenvalue weighted by Crippen LogP contribution is 2.16. The van der Waals surface area contributed by atoms with E-state index < -0.39 is 11.6 Å². The number of hydrogen-bond donors (Lipinski definition) is 0. The number of benzene rings is 1. The van der Waals surface area contributed by atoms with E-state index in [-0.39, 0.29) is 18.1 Å². The van der Waals surface area contributed by atoms with Crippen molar-refractivity contribution in [3.63, 3.8) is 0 Å². The van der Waals surface area contributed by atoms with Crippen LogP contribution in [0.15, 0.2) is 39.5 Å². The Bertz CT molecular complexity index is 826. The molecule has 1 aliphatic heterocycles. The van der Waals surface area contributed by atoms with Crippen LogP contribution < -0.4 is 5.63 Å². The molecule has 2 heterocycles. The number of para-hydroxylation sites is 1. The number of nitrogens with zero attached hydrogens (tertiary/aromatic N) is 1. The molecule has 6 nitrogen and oxygen atoms in total. The summed E-state index contributed by atoms with van der Waals surface area (Å²) in [6, 6.07) is 8.32. The Morgan fingerprint density at radius 1 is 1.33 bits per heavy atom. The lowest BCUT2D eigenvalue weighted by atomic mass is 10.0. The Kier molecular flexibility index (Phi) is 4.64. The zero-order valence-corrected chi connectivity index (χ0v) is 13.5. The second-order valence-electron chi connectivity index (χ2n) is 6.15. The summed E-state index contributed by atoms with van der Waals surface area (Å²) < 4.78 is 10.1. The molecule has 0 spiro atoms. The lowest BCUT2D eigenvalue weighted by Crippen LogP contribution is -2.41. The Morgan fingerprint density at radius 3 is 2.92 bits per heavy atom. The molecule has 1 saturated heterocycles. The average Bonchev–Trinajstić information content (AvgIpc) is 2.58. The van der Waals surface area contributed by atoms with Crippen molar-refractivity contribution in [1.82, 2.24) is 4.90 Å². The van der Waals surface area contributed by atoms with E-state index >= 15 is 0 Å². The van der Waals surface area contributed by atoms with Gasteiger partial charge >= 0.3 is 11.6 Å². The molecule has 0 N–H and O–H groups in total. The fourth-order valence-corrected chi connectivity index (χ4v) is 2.92. The molecule has 24 heavy (non-hydrogen) atoms. The van der Waals surface area contributed by atoms with Gasteiger partial charge in [0.2, 0.25) is 0 Å². The van der Waals surface area contributed by atoms with Gasteiger partial charge in [-0.15, -0.1) is 0 Å². The molecule has 0 aliphatic carbocycles. The van der Waals surface area contributed by atoms with Gasteiger partial charge in [-0.2, -0.15) is 0 Å². The highest BCUT2D eigenvalue weighted by molar-refractivity contribution is 5.94. The summed E-state index contributed by atoms with van der Waals surface area (Å²) in [7, 11) is 0. The quantitative estimate of drug-likeness (QED) is 0.637. The van der Waals surface area contributed by atoms with Crippen LogP contribution in [0.1, 0.15) is 30.1 Å². The van der Waals surface area contributed by atoms with Crippen molar-refractivity contribution in [1.29, 1.82) is 0 Å². The zero-order chi connectivity index (χ0) is 17.1. The second kappa shape index (κ2) is 6.86. The molecule has 0 bridgehead atoms. The Morgan fingerprint density at radius 2 is 2.12 bits per heavy atom. The van der Waals surface area contributed by atoms with Crippen molar-refractivity contribution in [2.45, 2.75) is 19.8 Å². The number of piperidine rings is 1. The molecular weight excluding hydrogens is 310 g/mol. The van der Waals surface area contributed by atoms with Crippen molar-refractivity contribution in [3.8, 4) is 0 Å². The molecular formula is C18H19NO5. The van der Waals surface area contributed by atoms with E-state index in [2.05, 4.69) is 6.92 Å². The first-order valence-electron chi connectivity index (χ1n) is 8.02. The maximum absolute atomic E-state index is 12.1. The van der Waals surface area contributed by atoms with Crippen molar-refractivity contribution >= 4 is 22.8 Å². The van der Waals surface area contributed by atoms with Gasteiger partial charge in [-0.25, -0.2) is 9.59 Å². The highest BCUT2D eigenvalue weighted by Gasteiger charge is 2.23. The molecule has 0 radical (unpaired) electrons. The number of likely N-dealkylation sites (tertiary alicyclic amines) is 1. The summed E-state index contributed by atoms with van der Waals surface area (Å²) in [4.78, 5) is 37.8. The number of ether oxygens (including phenoxy) is 1. The first kappa shape index (κ1) is 16.2. The van der Waals surface area contributed by atoms with E-state index in [1.165, 1.54) is 6.07 Å². The number of amides is 1. The van der Waals surface area contributed by atoms with E-state index in [0.29, 0.717) is 30.0 Å². The fraction of sp³-hybridized carbons (Fsp3) is 0.389. The fourth-order valence-electron chi connectivity index (χ4n) is 2.92. The average molecular weight is 329 g/mol. The standard InChI is InChI=1S/C18H19NO5/c1-12-5-4-8-19(10-12)16(20)11-23-17(21)14-9-13-6-2-3-7-15(13)24-18(14)22/h2-3,6-7,9,12H,4-5,8,10-11H2,1H3. The molecule has 6 heteroatoms. The van der Waals surface area contributed by atoms with Gasteiger partial charge in [-0.1, -0.05) is 25.1 Å². The SMILES string of the molecule is CC1CCCN(C(=O)COC(=O)c2cc3ccccc3oc2=O)C1. The van der Waals surface area contributed by atoms with E-state index in [1.54, 1.807) is 29.2 Å². The molecule has 1 aliphatic rings. The minimum absolute atomic E-state index is 0.200. The summed E-state index contributed by atoms with van der Waals surface area (Å²) in [5.74, 6) is -0.626. The van der Waals surface area contributed by atoms with Gasteiger partial charge in [0, 0.05) is 18.5 Å². The second-order valence-corrected chi connectivity index (χ2v) is 6.15. The van der Waals surface area contributed by atoms with Crippen LogP contribution in [-0.4, -0.2) is 36.5 Å². The van der Waals surface area contributed by atoms with Gasteiger partial charge in [0.05, 0.1) is 0 Å². The monoisotopic (exact) mass is 329 g/mol. The Balaban J connectivity index is 1.68. The third kappa shape index (κ3) is 3.48. The maximum Gasteiger partial charge on any atom is 0.351 e. The summed E-state index contributed by atoms with van der Waals surface area (Å²) in [6.07, 6.45) is 2.05. The summed E-state index contributed by atoms with van der Waals surface area (Å²) in [5.41, 5.74) is -0.566. The van der Waals surface area contributed by atoms with Crippen LogP contribution in [0, 0.1) is 5.92 Å². The van der Waals surface area contributed by atoms with Gasteiger partial charge in [0.25, 0.3) is 5.91 Å². The predicted molar refractivity (Wildman–Crippen MR) is 87.7 cm³/mol. The van der Waals surface area contributed by atoms with Gasteiger partial charge < -0.3 is 14.1 Å². The molecule has 1 atom stereocenters. The third-order valence-electron chi connectivity index (χ3n) is 4.20. The van der Waals surface area contributed by atoms with Crippen LogP contribution in [0.3, 0.4) is 0 Å². The van der Waals surface area contributed by atoms with Gasteiger partial charge in [-0.05, 0) is 30.9 Å². The molecule has 0 saturated carbocycles. The van der Waals surface area contributed by atoms with E-state index in [4.69, 9.17) is 9.15 Å². The van der Waals surface area contributed by atoms with E-state index in [1.807, 2.05) is 0 Å². The molecule has 3 rings (SSSR count). The molecule has 1 fully saturated rings. The molecule has 2 aromatic rings. The van der Waals surface area contributed by atoms with Crippen molar-refractivity contribution in [2.75, 3.05) is 19.7 Å². The van der Waals surface area contributed by atoms with Crippen LogP contribution in [0.5, 0.6) is 0 Å². The van der Waals surface area contributed by atoms with Crippen molar-refractivity contribution in [3.05, 3.63) is 46.3 Å². The smallest absolute Gasteiger partial charge is 0.351 e. The topological polar surface area (TPSA) is 76.8 Å². The summed E-state index contributed by atoms with van der Waals surface area (Å²) in [5, 5.41) is 0.625. The minimum atomic E-state index is -0.840. The van der Waals surface area contributed by atoms with E-state index in [0.717, 1.165) is 12.8 Å². The molecule has 1 aromatic heterocycles. The minimum Gasteiger partial charge on any atom is -0.452 e. The number of hydrogen-bond acceptors (Lipinski definition) is 5. The first-order chi connectivity index (χ1) is 11.5. The number of rotatable bonds is 3. The van der Waals surface area contributed by atoms with Gasteiger partial charge in [0.15, 0.2) is 6.61 Å². The molecule has 126 valence electrons. The number of carbonyl (C=O) groups is 2. The zero-order valence-electron chi connectivity index (χ0n) is 13.5. The molecule has 1 amide bonds. The van der Waals surface area contributed by atoms with Crippen LogP contribution in [-0.2, 0) is 9.53 Å². The Labute approximate surface area is 139 Å². The third-order valence-corrected chi connectivity index (χ3v) is 4.20. The van der Waals surface area contributed by atoms with Crippen molar-refractivity contribution in [2.24, 2.45) is 5.92 Å². The largest absolute Gasteiger partial charge is 0.452 e. The van der Waals surface area contributed by atoms with Crippen LogP contribution in [0.4, 0.5) is 0 Å². The predicted octanol–water partition coefficient (Wildman–Crippen LogP) is 2.21.